The molecule has 0 bridgehead atoms. The van der Waals surface area contributed by atoms with Crippen LogP contribution in [0.4, 0.5) is 0 Å². The number of hydrogen-bond acceptors (Lipinski definition) is 4. The Morgan fingerprint density at radius 1 is 1.25 bits per heavy atom. The minimum absolute atomic E-state index is 0.107. The molecule has 1 unspecified atom stereocenters. The van der Waals surface area contributed by atoms with Gasteiger partial charge in [0.15, 0.2) is 18.3 Å². The van der Waals surface area contributed by atoms with Crippen molar-refractivity contribution in [2.75, 3.05) is 13.2 Å². The van der Waals surface area contributed by atoms with E-state index in [0.29, 0.717) is 6.54 Å². The van der Waals surface area contributed by atoms with E-state index < -0.39 is 6.10 Å². The lowest BCUT2D eigenvalue weighted by Gasteiger charge is -2.07. The molecular weight excluding hydrogens is 162 g/mol. The summed E-state index contributed by atoms with van der Waals surface area (Å²) in [5.41, 5.74) is 3.56. The Morgan fingerprint density at radius 3 is 2.42 bits per heavy atom. The predicted molar refractivity (Wildman–Crippen MR) is 38.4 cm³/mol. The van der Waals surface area contributed by atoms with Gasteiger partial charge in [-0.2, -0.15) is 9.78 Å². The molecule has 0 aromatic rings. The predicted octanol–water partition coefficient (Wildman–Crippen LogP) is -1.33. The Hall–Kier alpha value is -1.40. The van der Waals surface area contributed by atoms with E-state index >= 15 is 0 Å². The van der Waals surface area contributed by atoms with Crippen LogP contribution in [0, 0.1) is 25.1 Å². The Balaban J connectivity index is 3.42. The van der Waals surface area contributed by atoms with E-state index in [9.17, 15) is 0 Å². The molecule has 0 aliphatic carbocycles. The zero-order valence-electron chi connectivity index (χ0n) is 6.49. The highest BCUT2D eigenvalue weighted by molar-refractivity contribution is 4.66. The van der Waals surface area contributed by atoms with Crippen LogP contribution in [0.15, 0.2) is 0 Å². The molecule has 0 aliphatic rings. The maximum Gasteiger partial charge on any atom is 0.181 e. The van der Waals surface area contributed by atoms with E-state index in [2.05, 4.69) is 25.3 Å². The van der Waals surface area contributed by atoms with Gasteiger partial charge >= 0.3 is 0 Å². The quantitative estimate of drug-likeness (QED) is 0.233. The number of rotatable bonds is 6. The van der Waals surface area contributed by atoms with Crippen LogP contribution in [0.25, 0.3) is 0 Å². The molecule has 12 heavy (non-hydrogen) atoms. The Labute approximate surface area is 70.6 Å². The molecule has 0 rings (SSSR count). The van der Waals surface area contributed by atoms with Crippen LogP contribution in [0.3, 0.4) is 0 Å². The molecule has 5 nitrogen and oxygen atoms in total. The van der Waals surface area contributed by atoms with Gasteiger partial charge in [0.1, 0.15) is 13.2 Å². The Kier molecular flexibility index (Phi) is 6.81. The molecule has 0 radical (unpaired) electrons. The normalized spacial score (nSPS) is 10.9. The van der Waals surface area contributed by atoms with Crippen molar-refractivity contribution in [3.05, 3.63) is 0 Å². The van der Waals surface area contributed by atoms with Crippen LogP contribution in [0.1, 0.15) is 0 Å². The first kappa shape index (κ1) is 10.6. The summed E-state index contributed by atoms with van der Waals surface area (Å²) in [4.78, 5) is 17.5. The lowest BCUT2D eigenvalue weighted by atomic mass is 10.4. The molecule has 5 heteroatoms. The summed E-state index contributed by atoms with van der Waals surface area (Å²) in [6, 6.07) is 0. The van der Waals surface area contributed by atoms with Gasteiger partial charge in [-0.25, -0.2) is 0 Å². The molecule has 0 fully saturated rings. The number of terminal acetylenes is 2. The second-order valence-electron chi connectivity index (χ2n) is 1.69. The Morgan fingerprint density at radius 2 is 1.92 bits per heavy atom. The van der Waals surface area contributed by atoms with Crippen LogP contribution in [-0.4, -0.2) is 19.3 Å². The Bertz CT molecular complexity index is 181. The molecule has 0 aromatic heterocycles. The highest BCUT2D eigenvalue weighted by atomic mass is 17.2. The van der Waals surface area contributed by atoms with E-state index in [1.54, 1.807) is 0 Å². The summed E-state index contributed by atoms with van der Waals surface area (Å²) in [5.74, 6) is 0. The number of hydrogen-bond donors (Lipinski definition) is 1. The highest BCUT2D eigenvalue weighted by Crippen LogP contribution is 1.91. The summed E-state index contributed by atoms with van der Waals surface area (Å²) in [6.45, 7) is 0.533. The lowest BCUT2D eigenvalue weighted by Crippen LogP contribution is -2.57. The van der Waals surface area contributed by atoms with E-state index in [1.807, 2.05) is 12.2 Å². The molecule has 0 saturated heterocycles. The molecule has 1 atom stereocenters. The highest BCUT2D eigenvalue weighted by Gasteiger charge is 2.11. The third-order valence-corrected chi connectivity index (χ3v) is 0.915. The van der Waals surface area contributed by atoms with Crippen LogP contribution >= 0.6 is 0 Å². The first-order chi connectivity index (χ1) is 5.85. The minimum atomic E-state index is -0.394. The maximum absolute atomic E-state index is 4.76. The van der Waals surface area contributed by atoms with Crippen molar-refractivity contribution in [2.45, 2.75) is 6.10 Å². The molecule has 66 valence electrons. The monoisotopic (exact) mass is 172 g/mol. The average molecular weight is 172 g/mol. The fourth-order valence-electron chi connectivity index (χ4n) is 0.399. The molecule has 0 amide bonds. The molecule has 0 aromatic carbocycles. The molecule has 0 saturated carbocycles. The van der Waals surface area contributed by atoms with Gasteiger partial charge in [0, 0.05) is 0 Å². The van der Waals surface area contributed by atoms with Gasteiger partial charge in [-0.1, -0.05) is 12.8 Å². The van der Waals surface area contributed by atoms with Crippen molar-refractivity contribution < 1.29 is 25.3 Å². The minimum Gasteiger partial charge on any atom is -0.355 e. The van der Waals surface area contributed by atoms with Gasteiger partial charge < -0.3 is 5.73 Å². The maximum atomic E-state index is 4.76. The van der Waals surface area contributed by atoms with E-state index in [1.165, 1.54) is 0 Å². The van der Waals surface area contributed by atoms with E-state index in [4.69, 9.17) is 12.8 Å². The van der Waals surface area contributed by atoms with Gasteiger partial charge in [-0.3, -0.25) is 9.78 Å². The van der Waals surface area contributed by atoms with Crippen molar-refractivity contribution in [1.29, 1.82) is 0 Å². The topological polar surface area (TPSA) is 64.6 Å². The van der Waals surface area contributed by atoms with Crippen molar-refractivity contribution in [3.8, 4) is 25.1 Å². The van der Waals surface area contributed by atoms with Crippen LogP contribution in [-0.2, 0) is 19.6 Å². The second-order valence-corrected chi connectivity index (χ2v) is 1.69. The third kappa shape index (κ3) is 5.39. The first-order valence-corrected chi connectivity index (χ1v) is 3.16. The summed E-state index contributed by atoms with van der Waals surface area (Å²) in [6.07, 6.45) is 12.8. The van der Waals surface area contributed by atoms with Gasteiger partial charge in [-0.15, -0.1) is 0 Å². The van der Waals surface area contributed by atoms with Gasteiger partial charge in [0.2, 0.25) is 0 Å². The fourth-order valence-corrected chi connectivity index (χ4v) is 0.399. The zero-order valence-corrected chi connectivity index (χ0v) is 6.49. The second kappa shape index (κ2) is 7.70. The van der Waals surface area contributed by atoms with Crippen LogP contribution < -0.4 is 5.73 Å². The van der Waals surface area contributed by atoms with Gasteiger partial charge in [-0.05, 0) is 0 Å². The average Bonchev–Trinajstić information content (AvgIpc) is 2.11. The molecule has 0 aliphatic heterocycles. The van der Waals surface area contributed by atoms with Crippen LogP contribution in [0.2, 0.25) is 0 Å². The lowest BCUT2D eigenvalue weighted by molar-refractivity contribution is -0.424. The van der Waals surface area contributed by atoms with Gasteiger partial charge in [0.05, 0.1) is 0 Å². The van der Waals surface area contributed by atoms with Crippen LogP contribution in [0.5, 0.6) is 0 Å². The standard InChI is InChI=1S/C7H9NO4/c1-3-9-11-6-7(5-8)12-10-4-2/h1-2,7H,5-6,8H2/p+1. The number of quaternary nitrogens is 1. The van der Waals surface area contributed by atoms with Crippen molar-refractivity contribution in [1.82, 2.24) is 0 Å². The first-order valence-electron chi connectivity index (χ1n) is 3.16. The summed E-state index contributed by atoms with van der Waals surface area (Å²) in [5, 5.41) is 0. The fraction of sp³-hybridized carbons (Fsp3) is 0.429. The zero-order chi connectivity index (χ0) is 9.23. The van der Waals surface area contributed by atoms with E-state index in [0.717, 1.165) is 0 Å². The van der Waals surface area contributed by atoms with Crippen molar-refractivity contribution in [3.63, 3.8) is 0 Å². The SMILES string of the molecule is C#COOCC(C[NH3+])OOC#C. The summed E-state index contributed by atoms with van der Waals surface area (Å²) in [7, 11) is 0. The molecular formula is C7H10NO4+. The third-order valence-electron chi connectivity index (χ3n) is 0.915. The molecule has 0 heterocycles. The van der Waals surface area contributed by atoms with Crippen molar-refractivity contribution >= 4 is 0 Å². The smallest absolute Gasteiger partial charge is 0.181 e. The molecule has 0 spiro atoms. The summed E-state index contributed by atoms with van der Waals surface area (Å²) < 4.78 is 0. The molecule has 3 N–H and O–H groups in total. The van der Waals surface area contributed by atoms with E-state index in [-0.39, 0.29) is 6.61 Å². The van der Waals surface area contributed by atoms with Crippen molar-refractivity contribution in [2.24, 2.45) is 0 Å². The summed E-state index contributed by atoms with van der Waals surface area (Å²) >= 11 is 0. The van der Waals surface area contributed by atoms with Gasteiger partial charge in [0.25, 0.3) is 0 Å². The largest absolute Gasteiger partial charge is 0.355 e.